The van der Waals surface area contributed by atoms with Crippen LogP contribution in [0.2, 0.25) is 0 Å². The fraction of sp³-hybridized carbons (Fsp3) is 0.562. The van der Waals surface area contributed by atoms with Crippen LogP contribution >= 0.6 is 0 Å². The van der Waals surface area contributed by atoms with Gasteiger partial charge in [0, 0.05) is 6.04 Å². The van der Waals surface area contributed by atoms with Gasteiger partial charge in [0.05, 0.1) is 19.1 Å². The second kappa shape index (κ2) is 7.31. The van der Waals surface area contributed by atoms with Crippen LogP contribution in [-0.2, 0) is 4.79 Å². The molecule has 1 atom stereocenters. The molecule has 0 heterocycles. The fourth-order valence-electron chi connectivity index (χ4n) is 2.61. The van der Waals surface area contributed by atoms with Gasteiger partial charge in [-0.25, -0.2) is 0 Å². The highest BCUT2D eigenvalue weighted by atomic mass is 16.5. The van der Waals surface area contributed by atoms with E-state index in [1.807, 2.05) is 19.1 Å². The Kier molecular flexibility index (Phi) is 5.44. The summed E-state index contributed by atoms with van der Waals surface area (Å²) in [6.45, 7) is 2.43. The molecular formula is C16H23NO4. The van der Waals surface area contributed by atoms with Gasteiger partial charge >= 0.3 is 5.97 Å². The Labute approximate surface area is 125 Å². The van der Waals surface area contributed by atoms with Crippen LogP contribution in [0.25, 0.3) is 0 Å². The highest BCUT2D eigenvalue weighted by Crippen LogP contribution is 2.34. The van der Waals surface area contributed by atoms with Crippen LogP contribution in [0, 0.1) is 0 Å². The van der Waals surface area contributed by atoms with Crippen LogP contribution in [0.15, 0.2) is 18.2 Å². The van der Waals surface area contributed by atoms with Gasteiger partial charge in [-0.3, -0.25) is 4.79 Å². The predicted octanol–water partition coefficient (Wildman–Crippen LogP) is 2.88. The number of nitrogens with two attached hydrogens (primary N) is 1. The zero-order valence-electron chi connectivity index (χ0n) is 12.4. The monoisotopic (exact) mass is 293 g/mol. The highest BCUT2D eigenvalue weighted by molar-refractivity contribution is 5.68. The molecule has 5 nitrogen and oxygen atoms in total. The van der Waals surface area contributed by atoms with E-state index in [0.717, 1.165) is 24.2 Å². The van der Waals surface area contributed by atoms with Crippen molar-refractivity contribution in [2.45, 2.75) is 51.2 Å². The number of aliphatic carboxylic acids is 1. The zero-order valence-corrected chi connectivity index (χ0v) is 12.4. The maximum atomic E-state index is 10.8. The van der Waals surface area contributed by atoms with Crippen molar-refractivity contribution in [3.05, 3.63) is 23.8 Å². The van der Waals surface area contributed by atoms with E-state index >= 15 is 0 Å². The van der Waals surface area contributed by atoms with Gasteiger partial charge in [0.25, 0.3) is 0 Å². The second-order valence-electron chi connectivity index (χ2n) is 5.37. The summed E-state index contributed by atoms with van der Waals surface area (Å²) in [6.07, 6.45) is 4.71. The number of rotatable bonds is 7. The Bertz CT molecular complexity index is 483. The summed E-state index contributed by atoms with van der Waals surface area (Å²) < 4.78 is 11.6. The lowest BCUT2D eigenvalue weighted by Crippen LogP contribution is -2.16. The van der Waals surface area contributed by atoms with Gasteiger partial charge in [0.2, 0.25) is 0 Å². The van der Waals surface area contributed by atoms with Gasteiger partial charge in [-0.2, -0.15) is 0 Å². The van der Waals surface area contributed by atoms with Gasteiger partial charge in [-0.05, 0) is 50.3 Å². The Morgan fingerprint density at radius 3 is 2.71 bits per heavy atom. The van der Waals surface area contributed by atoms with Gasteiger partial charge in [0.1, 0.15) is 0 Å². The van der Waals surface area contributed by atoms with Crippen LogP contribution in [0.3, 0.4) is 0 Å². The molecule has 0 bridgehead atoms. The third-order valence-corrected chi connectivity index (χ3v) is 3.69. The molecule has 2 rings (SSSR count). The maximum absolute atomic E-state index is 10.8. The molecule has 0 aromatic heterocycles. The zero-order chi connectivity index (χ0) is 15.2. The number of carboxylic acids is 1. The van der Waals surface area contributed by atoms with Crippen molar-refractivity contribution in [1.82, 2.24) is 0 Å². The molecule has 0 saturated heterocycles. The Morgan fingerprint density at radius 1 is 1.38 bits per heavy atom. The summed E-state index contributed by atoms with van der Waals surface area (Å²) in [5.74, 6) is 0.449. The molecule has 1 fully saturated rings. The molecule has 21 heavy (non-hydrogen) atoms. The normalized spacial score (nSPS) is 16.7. The first-order chi connectivity index (χ1) is 10.1. The standard InChI is InChI=1S/C16H23NO4/c1-2-20-15-9-11(13(17)10-16(18)19)7-8-14(15)21-12-5-3-4-6-12/h7-9,12-13H,2-6,10,17H2,1H3,(H,18,19). The first kappa shape index (κ1) is 15.6. The van der Waals surface area contributed by atoms with Gasteiger partial charge in [-0.15, -0.1) is 0 Å². The Hall–Kier alpha value is -1.75. The molecule has 1 aliphatic carbocycles. The molecule has 0 amide bonds. The lowest BCUT2D eigenvalue weighted by molar-refractivity contribution is -0.137. The number of hydrogen-bond acceptors (Lipinski definition) is 4. The number of carboxylic acid groups (broad SMARTS) is 1. The first-order valence-corrected chi connectivity index (χ1v) is 7.51. The smallest absolute Gasteiger partial charge is 0.305 e. The van der Waals surface area contributed by atoms with Gasteiger partial charge in [0.15, 0.2) is 11.5 Å². The summed E-state index contributed by atoms with van der Waals surface area (Å²) in [4.78, 5) is 10.8. The Morgan fingerprint density at radius 2 is 2.10 bits per heavy atom. The molecule has 0 spiro atoms. The van der Waals surface area contributed by atoms with Crippen molar-refractivity contribution in [1.29, 1.82) is 0 Å². The molecule has 1 aromatic carbocycles. The molecule has 116 valence electrons. The lowest BCUT2D eigenvalue weighted by atomic mass is 10.0. The predicted molar refractivity (Wildman–Crippen MR) is 79.7 cm³/mol. The van der Waals surface area contributed by atoms with Crippen LogP contribution in [0.1, 0.15) is 50.6 Å². The van der Waals surface area contributed by atoms with Crippen molar-refractivity contribution in [2.24, 2.45) is 5.73 Å². The van der Waals surface area contributed by atoms with Crippen molar-refractivity contribution < 1.29 is 19.4 Å². The second-order valence-corrected chi connectivity index (χ2v) is 5.37. The summed E-state index contributed by atoms with van der Waals surface area (Å²) in [6, 6.07) is 4.91. The molecule has 1 unspecified atom stereocenters. The molecule has 5 heteroatoms. The van der Waals surface area contributed by atoms with E-state index in [9.17, 15) is 4.79 Å². The molecule has 0 radical (unpaired) electrons. The van der Waals surface area contributed by atoms with E-state index in [2.05, 4.69) is 0 Å². The van der Waals surface area contributed by atoms with E-state index in [-0.39, 0.29) is 12.5 Å². The van der Waals surface area contributed by atoms with Crippen molar-refractivity contribution in [2.75, 3.05) is 6.61 Å². The molecule has 1 aliphatic rings. The van der Waals surface area contributed by atoms with Crippen LogP contribution in [-0.4, -0.2) is 23.8 Å². The third kappa shape index (κ3) is 4.36. The first-order valence-electron chi connectivity index (χ1n) is 7.51. The minimum Gasteiger partial charge on any atom is -0.490 e. The number of hydrogen-bond donors (Lipinski definition) is 2. The van der Waals surface area contributed by atoms with E-state index in [0.29, 0.717) is 12.4 Å². The van der Waals surface area contributed by atoms with Crippen molar-refractivity contribution in [3.8, 4) is 11.5 Å². The number of carbonyl (C=O) groups is 1. The van der Waals surface area contributed by atoms with Gasteiger partial charge in [-0.1, -0.05) is 6.07 Å². The molecular weight excluding hydrogens is 270 g/mol. The SMILES string of the molecule is CCOc1cc(C(N)CC(=O)O)ccc1OC1CCCC1. The number of benzene rings is 1. The third-order valence-electron chi connectivity index (χ3n) is 3.69. The van der Waals surface area contributed by atoms with E-state index in [4.69, 9.17) is 20.3 Å². The molecule has 1 saturated carbocycles. The number of ether oxygens (including phenoxy) is 2. The minimum absolute atomic E-state index is 0.103. The van der Waals surface area contributed by atoms with Crippen LogP contribution in [0.4, 0.5) is 0 Å². The summed E-state index contributed by atoms with van der Waals surface area (Å²) in [7, 11) is 0. The van der Waals surface area contributed by atoms with Crippen molar-refractivity contribution in [3.63, 3.8) is 0 Å². The quantitative estimate of drug-likeness (QED) is 0.807. The van der Waals surface area contributed by atoms with E-state index < -0.39 is 12.0 Å². The highest BCUT2D eigenvalue weighted by Gasteiger charge is 2.19. The average Bonchev–Trinajstić information content (AvgIpc) is 2.93. The van der Waals surface area contributed by atoms with Crippen LogP contribution in [0.5, 0.6) is 11.5 Å². The lowest BCUT2D eigenvalue weighted by Gasteiger charge is -2.18. The van der Waals surface area contributed by atoms with Crippen LogP contribution < -0.4 is 15.2 Å². The summed E-state index contributed by atoms with van der Waals surface area (Å²) >= 11 is 0. The molecule has 1 aromatic rings. The van der Waals surface area contributed by atoms with E-state index in [1.54, 1.807) is 6.07 Å². The molecule has 0 aliphatic heterocycles. The average molecular weight is 293 g/mol. The Balaban J connectivity index is 2.15. The fourth-order valence-corrected chi connectivity index (χ4v) is 2.61. The maximum Gasteiger partial charge on any atom is 0.305 e. The summed E-state index contributed by atoms with van der Waals surface area (Å²) in [5, 5.41) is 8.83. The summed E-state index contributed by atoms with van der Waals surface area (Å²) in [5.41, 5.74) is 6.65. The van der Waals surface area contributed by atoms with E-state index in [1.165, 1.54) is 12.8 Å². The van der Waals surface area contributed by atoms with Crippen molar-refractivity contribution >= 4 is 5.97 Å². The largest absolute Gasteiger partial charge is 0.490 e. The molecule has 3 N–H and O–H groups in total. The topological polar surface area (TPSA) is 81.8 Å². The van der Waals surface area contributed by atoms with Gasteiger partial charge < -0.3 is 20.3 Å². The minimum atomic E-state index is -0.910.